The molecule has 1 fully saturated rings. The lowest BCUT2D eigenvalue weighted by atomic mass is 9.96. The second-order valence-electron chi connectivity index (χ2n) is 4.45. The average Bonchev–Trinajstić information content (AvgIpc) is 2.76. The quantitative estimate of drug-likeness (QED) is 0.753. The van der Waals surface area contributed by atoms with Crippen LogP contribution >= 0.6 is 0 Å². The van der Waals surface area contributed by atoms with Gasteiger partial charge in [0.25, 0.3) is 0 Å². The number of carbonyl (C=O) groups is 2. The van der Waals surface area contributed by atoms with Gasteiger partial charge in [-0.25, -0.2) is 0 Å². The zero-order valence-electron chi connectivity index (χ0n) is 9.95. The van der Waals surface area contributed by atoms with Gasteiger partial charge < -0.3 is 10.0 Å². The van der Waals surface area contributed by atoms with E-state index >= 15 is 0 Å². The second kappa shape index (κ2) is 6.51. The molecule has 1 saturated heterocycles. The van der Waals surface area contributed by atoms with Crippen molar-refractivity contribution in [1.29, 1.82) is 0 Å². The predicted octanol–water partition coefficient (Wildman–Crippen LogP) is 1.89. The third-order valence-corrected chi connectivity index (χ3v) is 3.11. The van der Waals surface area contributed by atoms with Crippen LogP contribution in [0.1, 0.15) is 45.4 Å². The Morgan fingerprint density at radius 1 is 1.25 bits per heavy atom. The fourth-order valence-corrected chi connectivity index (χ4v) is 2.23. The predicted molar refractivity (Wildman–Crippen MR) is 61.1 cm³/mol. The van der Waals surface area contributed by atoms with Crippen LogP contribution in [0.2, 0.25) is 0 Å². The van der Waals surface area contributed by atoms with E-state index in [1.165, 1.54) is 0 Å². The highest BCUT2D eigenvalue weighted by Gasteiger charge is 2.25. The zero-order chi connectivity index (χ0) is 12.0. The summed E-state index contributed by atoms with van der Waals surface area (Å²) < 4.78 is 0. The van der Waals surface area contributed by atoms with E-state index in [0.717, 1.165) is 38.8 Å². The van der Waals surface area contributed by atoms with Crippen molar-refractivity contribution in [2.45, 2.75) is 45.4 Å². The molecule has 0 aromatic rings. The third-order valence-electron chi connectivity index (χ3n) is 3.11. The number of nitrogens with zero attached hydrogens (tertiary/aromatic N) is 1. The Labute approximate surface area is 96.6 Å². The molecule has 1 atom stereocenters. The number of carboxylic acid groups (broad SMARTS) is 1. The molecule has 16 heavy (non-hydrogen) atoms. The Kier molecular flexibility index (Phi) is 5.29. The van der Waals surface area contributed by atoms with Crippen LogP contribution in [-0.2, 0) is 9.59 Å². The van der Waals surface area contributed by atoms with Crippen LogP contribution in [0.5, 0.6) is 0 Å². The smallest absolute Gasteiger partial charge is 0.303 e. The Bertz CT molecular complexity index is 247. The molecule has 4 nitrogen and oxygen atoms in total. The molecule has 1 rings (SSSR count). The number of carboxylic acids is 1. The molecule has 0 saturated carbocycles. The van der Waals surface area contributed by atoms with Gasteiger partial charge in [-0.2, -0.15) is 0 Å². The highest BCUT2D eigenvalue weighted by atomic mass is 16.4. The molecule has 4 heteroatoms. The van der Waals surface area contributed by atoms with Crippen molar-refractivity contribution < 1.29 is 14.7 Å². The molecule has 0 radical (unpaired) electrons. The van der Waals surface area contributed by atoms with Gasteiger partial charge in [0.15, 0.2) is 0 Å². The molecule has 0 aromatic heterocycles. The summed E-state index contributed by atoms with van der Waals surface area (Å²) in [6, 6.07) is 0. The summed E-state index contributed by atoms with van der Waals surface area (Å²) in [6.45, 7) is 3.74. The van der Waals surface area contributed by atoms with Gasteiger partial charge >= 0.3 is 5.97 Å². The van der Waals surface area contributed by atoms with Crippen molar-refractivity contribution in [2.75, 3.05) is 13.1 Å². The lowest BCUT2D eigenvalue weighted by Crippen LogP contribution is -2.34. The van der Waals surface area contributed by atoms with Crippen molar-refractivity contribution in [2.24, 2.45) is 5.92 Å². The van der Waals surface area contributed by atoms with E-state index in [2.05, 4.69) is 0 Å². The van der Waals surface area contributed by atoms with Crippen molar-refractivity contribution in [1.82, 2.24) is 4.90 Å². The average molecular weight is 227 g/mol. The van der Waals surface area contributed by atoms with Gasteiger partial charge in [0.2, 0.25) is 5.91 Å². The van der Waals surface area contributed by atoms with Gasteiger partial charge in [-0.3, -0.25) is 9.59 Å². The van der Waals surface area contributed by atoms with E-state index in [1.54, 1.807) is 0 Å². The maximum Gasteiger partial charge on any atom is 0.303 e. The molecule has 1 N–H and O–H groups in total. The van der Waals surface area contributed by atoms with Crippen LogP contribution in [-0.4, -0.2) is 35.0 Å². The minimum atomic E-state index is -0.810. The monoisotopic (exact) mass is 227 g/mol. The summed E-state index contributed by atoms with van der Waals surface area (Å²) in [5.41, 5.74) is 0. The molecule has 0 bridgehead atoms. The van der Waals surface area contributed by atoms with Gasteiger partial charge in [-0.05, 0) is 25.7 Å². The Hall–Kier alpha value is -1.06. The van der Waals surface area contributed by atoms with Crippen molar-refractivity contribution in [3.05, 3.63) is 0 Å². The van der Waals surface area contributed by atoms with Gasteiger partial charge in [-0.1, -0.05) is 13.3 Å². The summed E-state index contributed by atoms with van der Waals surface area (Å²) in [5, 5.41) is 8.65. The second-order valence-corrected chi connectivity index (χ2v) is 4.45. The van der Waals surface area contributed by atoms with Gasteiger partial charge in [-0.15, -0.1) is 0 Å². The van der Waals surface area contributed by atoms with E-state index in [1.807, 2.05) is 11.8 Å². The minimum Gasteiger partial charge on any atom is -0.481 e. The number of hydrogen-bond acceptors (Lipinski definition) is 2. The topological polar surface area (TPSA) is 57.6 Å². The molecule has 0 aliphatic carbocycles. The fraction of sp³-hybridized carbons (Fsp3) is 0.833. The Morgan fingerprint density at radius 2 is 1.88 bits per heavy atom. The minimum absolute atomic E-state index is 0.0841. The number of hydrogen-bond donors (Lipinski definition) is 1. The molecule has 1 amide bonds. The first kappa shape index (κ1) is 13.0. The maximum absolute atomic E-state index is 12.1. The van der Waals surface area contributed by atoms with Crippen LogP contribution in [0, 0.1) is 5.92 Å². The normalized spacial score (nSPS) is 17.4. The third kappa shape index (κ3) is 3.83. The van der Waals surface area contributed by atoms with E-state index in [9.17, 15) is 9.59 Å². The number of carbonyl (C=O) groups excluding carboxylic acids is 1. The molecule has 1 heterocycles. The van der Waals surface area contributed by atoms with Crippen LogP contribution in [0.25, 0.3) is 0 Å². The highest BCUT2D eigenvalue weighted by molar-refractivity contribution is 5.79. The van der Waals surface area contributed by atoms with Crippen molar-refractivity contribution in [3.63, 3.8) is 0 Å². The number of rotatable bonds is 6. The first-order valence-corrected chi connectivity index (χ1v) is 6.15. The largest absolute Gasteiger partial charge is 0.481 e. The van der Waals surface area contributed by atoms with Gasteiger partial charge in [0, 0.05) is 25.4 Å². The maximum atomic E-state index is 12.1. The number of likely N-dealkylation sites (tertiary alicyclic amines) is 1. The molecular weight excluding hydrogens is 206 g/mol. The molecular formula is C12H21NO3. The fourth-order valence-electron chi connectivity index (χ4n) is 2.23. The van der Waals surface area contributed by atoms with Crippen molar-refractivity contribution in [3.8, 4) is 0 Å². The first-order chi connectivity index (χ1) is 7.65. The number of aliphatic carboxylic acids is 1. The van der Waals surface area contributed by atoms with Crippen LogP contribution < -0.4 is 0 Å². The Morgan fingerprint density at radius 3 is 2.38 bits per heavy atom. The lowest BCUT2D eigenvalue weighted by molar-refractivity contribution is -0.138. The molecule has 0 spiro atoms. The van der Waals surface area contributed by atoms with Crippen molar-refractivity contribution >= 4 is 11.9 Å². The first-order valence-electron chi connectivity index (χ1n) is 6.15. The lowest BCUT2D eigenvalue weighted by Gasteiger charge is -2.22. The van der Waals surface area contributed by atoms with Gasteiger partial charge in [0.1, 0.15) is 0 Å². The highest BCUT2D eigenvalue weighted by Crippen LogP contribution is 2.20. The van der Waals surface area contributed by atoms with Crippen LogP contribution in [0.3, 0.4) is 0 Å². The molecule has 92 valence electrons. The molecule has 1 unspecified atom stereocenters. The van der Waals surface area contributed by atoms with E-state index in [-0.39, 0.29) is 18.2 Å². The van der Waals surface area contributed by atoms with E-state index in [4.69, 9.17) is 5.11 Å². The van der Waals surface area contributed by atoms with Gasteiger partial charge in [0.05, 0.1) is 0 Å². The summed E-state index contributed by atoms with van der Waals surface area (Å²) in [4.78, 5) is 24.5. The Balaban J connectivity index is 2.46. The summed E-state index contributed by atoms with van der Waals surface area (Å²) in [7, 11) is 0. The van der Waals surface area contributed by atoms with E-state index < -0.39 is 5.97 Å². The van der Waals surface area contributed by atoms with Crippen LogP contribution in [0.4, 0.5) is 0 Å². The zero-order valence-corrected chi connectivity index (χ0v) is 9.95. The SMILES string of the molecule is CCCC(CCC(=O)O)C(=O)N1CCCC1. The van der Waals surface area contributed by atoms with E-state index in [0.29, 0.717) is 6.42 Å². The summed E-state index contributed by atoms with van der Waals surface area (Å²) >= 11 is 0. The molecule has 1 aliphatic rings. The summed E-state index contributed by atoms with van der Waals surface area (Å²) in [5.74, 6) is -0.727. The number of amides is 1. The molecule has 0 aromatic carbocycles. The molecule has 1 aliphatic heterocycles. The van der Waals surface area contributed by atoms with Crippen LogP contribution in [0.15, 0.2) is 0 Å². The summed E-state index contributed by atoms with van der Waals surface area (Å²) in [6.07, 6.45) is 4.50. The standard InChI is InChI=1S/C12H21NO3/c1-2-5-10(6-7-11(14)15)12(16)13-8-3-4-9-13/h10H,2-9H2,1H3,(H,14,15).